The molecule has 2 heterocycles. The summed E-state index contributed by atoms with van der Waals surface area (Å²) >= 11 is 0. The molecule has 0 aliphatic rings. The third-order valence-corrected chi connectivity index (χ3v) is 2.51. The lowest BCUT2D eigenvalue weighted by Gasteiger charge is -1.99. The molecule has 5 heteroatoms. The second-order valence-corrected chi connectivity index (χ2v) is 3.52. The van der Waals surface area contributed by atoms with Crippen molar-refractivity contribution < 1.29 is 4.74 Å². The summed E-state index contributed by atoms with van der Waals surface area (Å²) in [5.74, 6) is 1.38. The summed E-state index contributed by atoms with van der Waals surface area (Å²) in [4.78, 5) is 11.2. The van der Waals surface area contributed by atoms with Gasteiger partial charge in [-0.1, -0.05) is 0 Å². The van der Waals surface area contributed by atoms with Crippen LogP contribution in [0.15, 0.2) is 24.4 Å². The van der Waals surface area contributed by atoms with Gasteiger partial charge in [0.25, 0.3) is 0 Å². The molecule has 0 aromatic carbocycles. The van der Waals surface area contributed by atoms with Crippen LogP contribution >= 0.6 is 0 Å². The van der Waals surface area contributed by atoms with Crippen molar-refractivity contribution in [2.75, 3.05) is 12.8 Å². The normalized spacial score (nSPS) is 12.0. The Morgan fingerprint density at radius 3 is 3.12 bits per heavy atom. The van der Waals surface area contributed by atoms with E-state index in [9.17, 15) is 0 Å². The Morgan fingerprint density at radius 1 is 1.56 bits per heavy atom. The summed E-state index contributed by atoms with van der Waals surface area (Å²) in [5.41, 5.74) is 7.66. The van der Waals surface area contributed by atoms with Gasteiger partial charge in [-0.05, 0) is 25.0 Å². The van der Waals surface area contributed by atoms with Crippen molar-refractivity contribution in [2.45, 2.75) is 13.3 Å². The Bertz CT molecular complexity index is 530. The number of allylic oxidation sites excluding steroid dienone is 2. The monoisotopic (exact) mass is 218 g/mol. The molecular weight excluding hydrogens is 204 g/mol. The first-order valence-electron chi connectivity index (χ1n) is 4.99. The van der Waals surface area contributed by atoms with Crippen molar-refractivity contribution in [1.29, 1.82) is 0 Å². The fraction of sp³-hybridized carbons (Fsp3) is 0.273. The molecule has 0 fully saturated rings. The number of nitrogens with zero attached hydrogens (tertiary/aromatic N) is 2. The van der Waals surface area contributed by atoms with Gasteiger partial charge in [0, 0.05) is 6.20 Å². The number of aromatic amines is 1. The second-order valence-electron chi connectivity index (χ2n) is 3.52. The van der Waals surface area contributed by atoms with Crippen LogP contribution in [-0.4, -0.2) is 22.1 Å². The standard InChI is InChI=1S/C11H14N4O/c1-7(16-2)3-4-8-5-13-11-9(8)10(12)14-6-15-11/h3,5-6H,4H2,1-2H3,(H3,12,13,14,15)/b7-3+. The molecule has 2 aromatic rings. The summed E-state index contributed by atoms with van der Waals surface area (Å²) in [6.07, 6.45) is 6.09. The van der Waals surface area contributed by atoms with Crippen molar-refractivity contribution in [3.8, 4) is 0 Å². The Labute approximate surface area is 93.4 Å². The number of hydrogen-bond donors (Lipinski definition) is 2. The van der Waals surface area contributed by atoms with Crippen molar-refractivity contribution in [3.63, 3.8) is 0 Å². The molecule has 5 nitrogen and oxygen atoms in total. The number of fused-ring (bicyclic) bond motifs is 1. The van der Waals surface area contributed by atoms with Gasteiger partial charge in [0.05, 0.1) is 18.3 Å². The maximum Gasteiger partial charge on any atom is 0.143 e. The first kappa shape index (κ1) is 10.5. The Kier molecular flexibility index (Phi) is 2.76. The van der Waals surface area contributed by atoms with E-state index in [0.717, 1.165) is 28.8 Å². The third-order valence-electron chi connectivity index (χ3n) is 2.51. The maximum absolute atomic E-state index is 5.82. The number of hydrogen-bond acceptors (Lipinski definition) is 4. The molecule has 0 saturated carbocycles. The molecule has 16 heavy (non-hydrogen) atoms. The number of aromatic nitrogens is 3. The molecule has 3 N–H and O–H groups in total. The van der Waals surface area contributed by atoms with Crippen LogP contribution in [0.4, 0.5) is 5.82 Å². The lowest BCUT2D eigenvalue weighted by molar-refractivity contribution is 0.292. The van der Waals surface area contributed by atoms with E-state index >= 15 is 0 Å². The van der Waals surface area contributed by atoms with Gasteiger partial charge < -0.3 is 15.5 Å². The third kappa shape index (κ3) is 1.84. The summed E-state index contributed by atoms with van der Waals surface area (Å²) in [5, 5.41) is 0.891. The molecule has 0 spiro atoms. The van der Waals surface area contributed by atoms with Crippen LogP contribution in [0.5, 0.6) is 0 Å². The van der Waals surface area contributed by atoms with E-state index in [2.05, 4.69) is 15.0 Å². The summed E-state index contributed by atoms with van der Waals surface area (Å²) < 4.78 is 5.08. The van der Waals surface area contributed by atoms with E-state index in [1.165, 1.54) is 6.33 Å². The quantitative estimate of drug-likeness (QED) is 0.768. The number of nitrogens with one attached hydrogen (secondary N) is 1. The molecule has 0 atom stereocenters. The number of H-pyrrole nitrogens is 1. The fourth-order valence-corrected chi connectivity index (χ4v) is 1.55. The van der Waals surface area contributed by atoms with Crippen molar-refractivity contribution in [1.82, 2.24) is 15.0 Å². The van der Waals surface area contributed by atoms with Gasteiger partial charge in [-0.25, -0.2) is 9.97 Å². The van der Waals surface area contributed by atoms with E-state index in [4.69, 9.17) is 10.5 Å². The van der Waals surface area contributed by atoms with Crippen LogP contribution in [0.3, 0.4) is 0 Å². The fourth-order valence-electron chi connectivity index (χ4n) is 1.55. The largest absolute Gasteiger partial charge is 0.502 e. The van der Waals surface area contributed by atoms with E-state index in [1.54, 1.807) is 7.11 Å². The molecule has 0 unspecified atom stereocenters. The minimum absolute atomic E-state index is 0.504. The minimum Gasteiger partial charge on any atom is -0.502 e. The Morgan fingerprint density at radius 2 is 2.38 bits per heavy atom. The molecule has 0 aliphatic carbocycles. The zero-order chi connectivity index (χ0) is 11.5. The van der Waals surface area contributed by atoms with Crippen LogP contribution in [0, 0.1) is 0 Å². The number of methoxy groups -OCH3 is 1. The topological polar surface area (TPSA) is 76.8 Å². The summed E-state index contributed by atoms with van der Waals surface area (Å²) in [6, 6.07) is 0. The second kappa shape index (κ2) is 4.22. The highest BCUT2D eigenvalue weighted by molar-refractivity contribution is 5.89. The van der Waals surface area contributed by atoms with Gasteiger partial charge in [0.1, 0.15) is 17.8 Å². The van der Waals surface area contributed by atoms with Gasteiger partial charge in [-0.2, -0.15) is 0 Å². The number of anilines is 1. The van der Waals surface area contributed by atoms with Crippen LogP contribution in [0.2, 0.25) is 0 Å². The van der Waals surface area contributed by atoms with E-state index in [0.29, 0.717) is 5.82 Å². The number of nitrogens with two attached hydrogens (primary N) is 1. The zero-order valence-electron chi connectivity index (χ0n) is 9.32. The van der Waals surface area contributed by atoms with Gasteiger partial charge >= 0.3 is 0 Å². The minimum atomic E-state index is 0.504. The van der Waals surface area contributed by atoms with Crippen LogP contribution in [0.25, 0.3) is 11.0 Å². The lowest BCUT2D eigenvalue weighted by Crippen LogP contribution is -1.93. The average molecular weight is 218 g/mol. The maximum atomic E-state index is 5.82. The summed E-state index contributed by atoms with van der Waals surface area (Å²) in [6.45, 7) is 1.91. The highest BCUT2D eigenvalue weighted by atomic mass is 16.5. The Hall–Kier alpha value is -2.04. The number of ether oxygens (including phenoxy) is 1. The predicted molar refractivity (Wildman–Crippen MR) is 62.8 cm³/mol. The summed E-state index contributed by atoms with van der Waals surface area (Å²) in [7, 11) is 1.65. The van der Waals surface area contributed by atoms with Gasteiger partial charge in [0.2, 0.25) is 0 Å². The molecule has 0 bridgehead atoms. The van der Waals surface area contributed by atoms with Gasteiger partial charge in [-0.3, -0.25) is 0 Å². The molecular formula is C11H14N4O. The molecule has 0 aliphatic heterocycles. The number of nitrogen functional groups attached to an aromatic ring is 1. The predicted octanol–water partition coefficient (Wildman–Crippen LogP) is 1.63. The Balaban J connectivity index is 2.38. The molecule has 0 amide bonds. The molecule has 0 saturated heterocycles. The van der Waals surface area contributed by atoms with Crippen LogP contribution < -0.4 is 5.73 Å². The SMILES string of the molecule is CO/C(C)=C/Cc1c[nH]c2ncnc(N)c12. The first-order chi connectivity index (χ1) is 7.72. The molecule has 0 radical (unpaired) electrons. The average Bonchev–Trinajstić information content (AvgIpc) is 2.70. The molecule has 2 aromatic heterocycles. The molecule has 2 rings (SSSR count). The van der Waals surface area contributed by atoms with Crippen molar-refractivity contribution in [3.05, 3.63) is 29.9 Å². The van der Waals surface area contributed by atoms with Crippen LogP contribution in [0.1, 0.15) is 12.5 Å². The number of rotatable bonds is 3. The van der Waals surface area contributed by atoms with E-state index in [1.807, 2.05) is 19.2 Å². The van der Waals surface area contributed by atoms with Gasteiger partial charge in [-0.15, -0.1) is 0 Å². The van der Waals surface area contributed by atoms with E-state index in [-0.39, 0.29) is 0 Å². The first-order valence-corrected chi connectivity index (χ1v) is 4.99. The van der Waals surface area contributed by atoms with E-state index < -0.39 is 0 Å². The lowest BCUT2D eigenvalue weighted by atomic mass is 10.1. The van der Waals surface area contributed by atoms with Gasteiger partial charge in [0.15, 0.2) is 0 Å². The highest BCUT2D eigenvalue weighted by Crippen LogP contribution is 2.21. The van der Waals surface area contributed by atoms with Crippen molar-refractivity contribution in [2.24, 2.45) is 0 Å². The smallest absolute Gasteiger partial charge is 0.143 e. The van der Waals surface area contributed by atoms with Crippen LogP contribution in [-0.2, 0) is 11.2 Å². The zero-order valence-corrected chi connectivity index (χ0v) is 9.32. The van der Waals surface area contributed by atoms with Crippen molar-refractivity contribution >= 4 is 16.9 Å². The highest BCUT2D eigenvalue weighted by Gasteiger charge is 2.07. The molecule has 84 valence electrons.